The van der Waals surface area contributed by atoms with E-state index >= 15 is 0 Å². The third-order valence-electron chi connectivity index (χ3n) is 9.12. The van der Waals surface area contributed by atoms with Gasteiger partial charge in [0.05, 0.1) is 27.5 Å². The van der Waals surface area contributed by atoms with Crippen molar-refractivity contribution in [1.29, 1.82) is 0 Å². The lowest BCUT2D eigenvalue weighted by Gasteiger charge is -2.06. The van der Waals surface area contributed by atoms with E-state index in [9.17, 15) is 0 Å². The molecule has 0 aliphatic rings. The fourth-order valence-electron chi connectivity index (χ4n) is 7.19. The molecule has 8 heteroatoms. The highest BCUT2D eigenvalue weighted by Gasteiger charge is 2.20. The van der Waals surface area contributed by atoms with Crippen LogP contribution in [0.5, 0.6) is 0 Å². The van der Waals surface area contributed by atoms with Gasteiger partial charge >= 0.3 is 0 Å². The van der Waals surface area contributed by atoms with Gasteiger partial charge < -0.3 is 8.83 Å². The lowest BCUT2D eigenvalue weighted by atomic mass is 10.1. The van der Waals surface area contributed by atoms with Crippen LogP contribution >= 0.6 is 0 Å². The van der Waals surface area contributed by atoms with E-state index < -0.39 is 0 Å². The Bertz CT molecular complexity index is 2950. The van der Waals surface area contributed by atoms with E-state index in [4.69, 9.17) is 18.8 Å². The highest BCUT2D eigenvalue weighted by Crippen LogP contribution is 2.41. The molecular formula is C38H20N6O2. The molecule has 8 aromatic heterocycles. The number of hydrogen-bond acceptors (Lipinski definition) is 6. The fourth-order valence-corrected chi connectivity index (χ4v) is 7.19. The Kier molecular flexibility index (Phi) is 4.43. The van der Waals surface area contributed by atoms with E-state index in [-0.39, 0.29) is 0 Å². The summed E-state index contributed by atoms with van der Waals surface area (Å²) < 4.78 is 17.3. The molecule has 0 aliphatic heterocycles. The second-order valence-electron chi connectivity index (χ2n) is 11.5. The van der Waals surface area contributed by atoms with Crippen LogP contribution in [0.2, 0.25) is 0 Å². The first kappa shape index (κ1) is 23.9. The molecule has 0 saturated carbocycles. The fraction of sp³-hybridized carbons (Fsp3) is 0. The summed E-state index contributed by atoms with van der Waals surface area (Å²) in [5.74, 6) is 0. The van der Waals surface area contributed by atoms with Crippen molar-refractivity contribution in [2.75, 3.05) is 0 Å². The van der Waals surface area contributed by atoms with Crippen LogP contribution in [-0.2, 0) is 0 Å². The number of rotatable bonds is 2. The third-order valence-corrected chi connectivity index (χ3v) is 9.12. The monoisotopic (exact) mass is 592 g/mol. The average molecular weight is 593 g/mol. The molecular weight excluding hydrogens is 572 g/mol. The standard InChI is InChI=1S/C38H20N6O2/c1-5-24-34-28(7-3-15-39-34)43(37(24)41-17-1)21-9-12-30-26(19-21)23-11-14-32-33(36(23)46-30)27-20-22(10-13-31(27)45-32)44-29-8-4-16-40-35(29)25-6-2-18-42-38(25)44/h1-20H. The van der Waals surface area contributed by atoms with Crippen molar-refractivity contribution >= 4 is 88.0 Å². The van der Waals surface area contributed by atoms with Gasteiger partial charge in [0, 0.05) is 63.1 Å². The number of nitrogens with zero attached hydrogens (tertiary/aromatic N) is 6. The minimum absolute atomic E-state index is 0.776. The van der Waals surface area contributed by atoms with E-state index in [1.165, 1.54) is 0 Å². The van der Waals surface area contributed by atoms with Crippen molar-refractivity contribution in [1.82, 2.24) is 29.1 Å². The van der Waals surface area contributed by atoms with E-state index in [0.717, 1.165) is 99.4 Å². The lowest BCUT2D eigenvalue weighted by molar-refractivity contribution is 0.662. The largest absolute Gasteiger partial charge is 0.456 e. The third kappa shape index (κ3) is 3.02. The summed E-state index contributed by atoms with van der Waals surface area (Å²) in [7, 11) is 0. The molecule has 0 bridgehead atoms. The Morgan fingerprint density at radius 2 is 0.978 bits per heavy atom. The minimum Gasteiger partial charge on any atom is -0.456 e. The molecule has 0 amide bonds. The second-order valence-corrected chi connectivity index (χ2v) is 11.5. The lowest BCUT2D eigenvalue weighted by Crippen LogP contribution is -1.95. The number of furan rings is 2. The maximum absolute atomic E-state index is 6.62. The normalized spacial score (nSPS) is 12.3. The summed E-state index contributed by atoms with van der Waals surface area (Å²) in [6.45, 7) is 0. The van der Waals surface area contributed by atoms with Crippen LogP contribution in [0.1, 0.15) is 0 Å². The van der Waals surface area contributed by atoms with Gasteiger partial charge in [0.2, 0.25) is 0 Å². The van der Waals surface area contributed by atoms with Gasteiger partial charge in [-0.1, -0.05) is 0 Å². The number of pyridine rings is 4. The molecule has 0 N–H and O–H groups in total. The van der Waals surface area contributed by atoms with Crippen molar-refractivity contribution in [2.45, 2.75) is 0 Å². The van der Waals surface area contributed by atoms with Crippen LogP contribution in [-0.4, -0.2) is 29.1 Å². The Balaban J connectivity index is 1.17. The molecule has 11 rings (SSSR count). The molecule has 0 aliphatic carbocycles. The Hall–Kier alpha value is -6.54. The van der Waals surface area contributed by atoms with Crippen molar-refractivity contribution in [3.05, 3.63) is 122 Å². The van der Waals surface area contributed by atoms with Gasteiger partial charge in [0.25, 0.3) is 0 Å². The quantitative estimate of drug-likeness (QED) is 0.199. The first-order valence-corrected chi connectivity index (χ1v) is 15.0. The zero-order valence-electron chi connectivity index (χ0n) is 24.0. The maximum Gasteiger partial charge on any atom is 0.147 e. The average Bonchev–Trinajstić information content (AvgIpc) is 3.85. The van der Waals surface area contributed by atoms with Crippen LogP contribution in [0.15, 0.2) is 131 Å². The molecule has 0 atom stereocenters. The van der Waals surface area contributed by atoms with Gasteiger partial charge in [-0.25, -0.2) is 9.97 Å². The van der Waals surface area contributed by atoms with Crippen LogP contribution < -0.4 is 0 Å². The predicted molar refractivity (Wildman–Crippen MR) is 181 cm³/mol. The predicted octanol–water partition coefficient (Wildman–Crippen LogP) is 9.26. The van der Waals surface area contributed by atoms with Gasteiger partial charge in [-0.15, -0.1) is 0 Å². The van der Waals surface area contributed by atoms with Gasteiger partial charge in [-0.3, -0.25) is 19.1 Å². The second kappa shape index (κ2) is 8.55. The SMILES string of the molecule is c1cnc2c(c1)c1ncccc1n2-c1ccc2oc3c(ccc4oc5ccc(-n6c7cccnc7c7cccnc76)cc5c43)c2c1. The maximum atomic E-state index is 6.62. The van der Waals surface area contributed by atoms with Gasteiger partial charge in [0.15, 0.2) is 0 Å². The molecule has 11 aromatic rings. The minimum atomic E-state index is 0.776. The van der Waals surface area contributed by atoms with Crippen molar-refractivity contribution < 1.29 is 8.83 Å². The molecule has 46 heavy (non-hydrogen) atoms. The molecule has 214 valence electrons. The number of hydrogen-bond donors (Lipinski definition) is 0. The van der Waals surface area contributed by atoms with E-state index in [2.05, 4.69) is 73.7 Å². The van der Waals surface area contributed by atoms with E-state index in [1.54, 1.807) is 0 Å². The highest BCUT2D eigenvalue weighted by molar-refractivity contribution is 6.22. The Labute approximate surface area is 258 Å². The summed E-state index contributed by atoms with van der Waals surface area (Å²) in [6.07, 6.45) is 7.29. The number of fused-ring (bicyclic) bond motifs is 13. The van der Waals surface area contributed by atoms with Gasteiger partial charge in [0.1, 0.15) is 33.6 Å². The van der Waals surface area contributed by atoms with Crippen LogP contribution in [0.3, 0.4) is 0 Å². The molecule has 0 spiro atoms. The zero-order valence-corrected chi connectivity index (χ0v) is 24.0. The summed E-state index contributed by atoms with van der Waals surface area (Å²) in [5, 5.41) is 6.00. The molecule has 0 saturated heterocycles. The number of aromatic nitrogens is 6. The van der Waals surface area contributed by atoms with Crippen LogP contribution in [0.4, 0.5) is 0 Å². The first-order valence-electron chi connectivity index (χ1n) is 15.0. The van der Waals surface area contributed by atoms with Crippen molar-refractivity contribution in [3.63, 3.8) is 0 Å². The van der Waals surface area contributed by atoms with Crippen LogP contribution in [0, 0.1) is 0 Å². The van der Waals surface area contributed by atoms with E-state index in [0.29, 0.717) is 0 Å². The number of benzene rings is 3. The van der Waals surface area contributed by atoms with Gasteiger partial charge in [-0.2, -0.15) is 0 Å². The zero-order chi connectivity index (χ0) is 29.9. The summed E-state index contributed by atoms with van der Waals surface area (Å²) in [5.41, 5.74) is 10.7. The highest BCUT2D eigenvalue weighted by atomic mass is 16.3. The van der Waals surface area contributed by atoms with Gasteiger partial charge in [-0.05, 0) is 97.1 Å². The molecule has 0 unspecified atom stereocenters. The molecule has 8 nitrogen and oxygen atoms in total. The first-order chi connectivity index (χ1) is 22.8. The topological polar surface area (TPSA) is 87.7 Å². The van der Waals surface area contributed by atoms with Crippen molar-refractivity contribution in [3.8, 4) is 11.4 Å². The Morgan fingerprint density at radius 1 is 0.435 bits per heavy atom. The summed E-state index contributed by atoms with van der Waals surface area (Å²) in [6, 6.07) is 32.8. The molecule has 8 heterocycles. The summed E-state index contributed by atoms with van der Waals surface area (Å²) in [4.78, 5) is 18.8. The smallest absolute Gasteiger partial charge is 0.147 e. The van der Waals surface area contributed by atoms with Crippen molar-refractivity contribution in [2.24, 2.45) is 0 Å². The van der Waals surface area contributed by atoms with E-state index in [1.807, 2.05) is 67.3 Å². The summed E-state index contributed by atoms with van der Waals surface area (Å²) >= 11 is 0. The molecule has 0 radical (unpaired) electrons. The molecule has 0 fully saturated rings. The Morgan fingerprint density at radius 3 is 1.63 bits per heavy atom. The molecule has 3 aromatic carbocycles. The van der Waals surface area contributed by atoms with Crippen LogP contribution in [0.25, 0.3) is 99.4 Å².